The highest BCUT2D eigenvalue weighted by atomic mass is 16.5. The van der Waals surface area contributed by atoms with Gasteiger partial charge in [-0.2, -0.15) is 0 Å². The number of aromatic nitrogens is 1. The summed E-state index contributed by atoms with van der Waals surface area (Å²) in [5.74, 6) is 0.296. The summed E-state index contributed by atoms with van der Waals surface area (Å²) in [6.45, 7) is 2.95. The number of likely N-dealkylation sites (tertiary alicyclic amines) is 1. The van der Waals surface area contributed by atoms with Crippen molar-refractivity contribution in [3.05, 3.63) is 17.5 Å². The molecule has 0 spiro atoms. The first-order chi connectivity index (χ1) is 8.99. The number of amides is 2. The Balaban J connectivity index is 1.93. The Bertz CT molecular complexity index is 473. The highest BCUT2D eigenvalue weighted by Gasteiger charge is 2.29. The van der Waals surface area contributed by atoms with Crippen LogP contribution in [0.15, 0.2) is 10.6 Å². The van der Waals surface area contributed by atoms with Crippen LogP contribution in [0, 0.1) is 12.8 Å². The third-order valence-electron chi connectivity index (χ3n) is 3.41. The molecule has 0 aromatic carbocycles. The predicted octanol–water partition coefficient (Wildman–Crippen LogP) is 0.923. The number of hydrogen-bond acceptors (Lipinski definition) is 4. The van der Waals surface area contributed by atoms with Gasteiger partial charge in [-0.15, -0.1) is 0 Å². The van der Waals surface area contributed by atoms with Gasteiger partial charge in [0.1, 0.15) is 0 Å². The number of aryl methyl sites for hydroxylation is 1. The van der Waals surface area contributed by atoms with Crippen molar-refractivity contribution in [1.82, 2.24) is 15.0 Å². The van der Waals surface area contributed by atoms with Gasteiger partial charge >= 0.3 is 0 Å². The van der Waals surface area contributed by atoms with E-state index in [1.165, 1.54) is 0 Å². The molecule has 0 bridgehead atoms. The van der Waals surface area contributed by atoms with Gasteiger partial charge in [0.25, 0.3) is 5.91 Å². The molecule has 0 saturated carbocycles. The molecular weight excluding hydrogens is 246 g/mol. The third-order valence-corrected chi connectivity index (χ3v) is 3.41. The van der Waals surface area contributed by atoms with Gasteiger partial charge in [0.15, 0.2) is 0 Å². The molecule has 104 valence electrons. The van der Waals surface area contributed by atoms with Gasteiger partial charge in [-0.3, -0.25) is 9.59 Å². The fourth-order valence-electron chi connectivity index (χ4n) is 2.31. The Kier molecular flexibility index (Phi) is 3.87. The van der Waals surface area contributed by atoms with Crippen LogP contribution < -0.4 is 0 Å². The van der Waals surface area contributed by atoms with Crippen molar-refractivity contribution < 1.29 is 14.1 Å². The van der Waals surface area contributed by atoms with Crippen molar-refractivity contribution in [2.75, 3.05) is 27.2 Å². The molecule has 0 N–H and O–H groups in total. The van der Waals surface area contributed by atoms with Crippen LogP contribution >= 0.6 is 0 Å². The molecule has 1 aromatic rings. The SMILES string of the molecule is Cc1cc(C(=O)N2CCC(C(=O)N(C)C)CC2)on1. The largest absolute Gasteiger partial charge is 0.351 e. The van der Waals surface area contributed by atoms with Crippen LogP contribution in [-0.4, -0.2) is 54.0 Å². The van der Waals surface area contributed by atoms with E-state index in [-0.39, 0.29) is 23.5 Å². The standard InChI is InChI=1S/C13H19N3O3/c1-9-8-11(19-14-9)13(18)16-6-4-10(5-7-16)12(17)15(2)3/h8,10H,4-7H2,1-3H3. The van der Waals surface area contributed by atoms with Crippen molar-refractivity contribution in [3.8, 4) is 0 Å². The molecule has 0 atom stereocenters. The number of nitrogens with zero attached hydrogens (tertiary/aromatic N) is 3. The number of hydrogen-bond donors (Lipinski definition) is 0. The zero-order valence-electron chi connectivity index (χ0n) is 11.5. The monoisotopic (exact) mass is 265 g/mol. The predicted molar refractivity (Wildman–Crippen MR) is 68.6 cm³/mol. The third kappa shape index (κ3) is 2.94. The molecule has 0 unspecified atom stereocenters. The van der Waals surface area contributed by atoms with E-state index in [0.717, 1.165) is 0 Å². The van der Waals surface area contributed by atoms with Crippen LogP contribution in [0.25, 0.3) is 0 Å². The second kappa shape index (κ2) is 5.42. The normalized spacial score (nSPS) is 16.5. The van der Waals surface area contributed by atoms with Crippen LogP contribution in [0.1, 0.15) is 29.1 Å². The maximum atomic E-state index is 12.1. The molecule has 6 heteroatoms. The number of piperidine rings is 1. The van der Waals surface area contributed by atoms with Crippen LogP contribution in [0.5, 0.6) is 0 Å². The van der Waals surface area contributed by atoms with Crippen LogP contribution in [0.4, 0.5) is 0 Å². The summed E-state index contributed by atoms with van der Waals surface area (Å²) >= 11 is 0. The Morgan fingerprint density at radius 2 is 2.00 bits per heavy atom. The van der Waals surface area contributed by atoms with Gasteiger partial charge in [-0.05, 0) is 19.8 Å². The highest BCUT2D eigenvalue weighted by molar-refractivity contribution is 5.91. The van der Waals surface area contributed by atoms with Crippen LogP contribution in [0.2, 0.25) is 0 Å². The molecule has 2 rings (SSSR count). The Morgan fingerprint density at radius 1 is 1.37 bits per heavy atom. The first kappa shape index (κ1) is 13.6. The summed E-state index contributed by atoms with van der Waals surface area (Å²) in [6, 6.07) is 1.64. The topological polar surface area (TPSA) is 66.7 Å². The molecule has 2 heterocycles. The van der Waals surface area contributed by atoms with Crippen molar-refractivity contribution in [2.45, 2.75) is 19.8 Å². The summed E-state index contributed by atoms with van der Waals surface area (Å²) in [4.78, 5) is 27.3. The van der Waals surface area contributed by atoms with Gasteiger partial charge in [0.05, 0.1) is 5.69 Å². The van der Waals surface area contributed by atoms with Crippen molar-refractivity contribution >= 4 is 11.8 Å². The van der Waals surface area contributed by atoms with E-state index in [0.29, 0.717) is 31.6 Å². The van der Waals surface area contributed by atoms with E-state index in [1.54, 1.807) is 36.9 Å². The molecule has 19 heavy (non-hydrogen) atoms. The lowest BCUT2D eigenvalue weighted by atomic mass is 9.95. The Hall–Kier alpha value is -1.85. The molecule has 1 aliphatic rings. The van der Waals surface area contributed by atoms with Gasteiger partial charge < -0.3 is 14.3 Å². The first-order valence-electron chi connectivity index (χ1n) is 6.43. The minimum absolute atomic E-state index is 0.0236. The summed E-state index contributed by atoms with van der Waals surface area (Å²) in [6.07, 6.45) is 1.41. The molecule has 1 aliphatic heterocycles. The second-order valence-corrected chi connectivity index (χ2v) is 5.13. The van der Waals surface area contributed by atoms with E-state index < -0.39 is 0 Å². The number of rotatable bonds is 2. The summed E-state index contributed by atoms with van der Waals surface area (Å²) in [5, 5.41) is 3.72. The lowest BCUT2D eigenvalue weighted by Gasteiger charge is -2.31. The summed E-state index contributed by atoms with van der Waals surface area (Å²) in [7, 11) is 3.52. The van der Waals surface area contributed by atoms with Gasteiger partial charge in [0, 0.05) is 39.2 Å². The maximum Gasteiger partial charge on any atom is 0.292 e. The first-order valence-corrected chi connectivity index (χ1v) is 6.43. The van der Waals surface area contributed by atoms with Crippen molar-refractivity contribution in [1.29, 1.82) is 0 Å². The van der Waals surface area contributed by atoms with Crippen LogP contribution in [-0.2, 0) is 4.79 Å². The fraction of sp³-hybridized carbons (Fsp3) is 0.615. The minimum Gasteiger partial charge on any atom is -0.351 e. The van der Waals surface area contributed by atoms with Crippen molar-refractivity contribution in [3.63, 3.8) is 0 Å². The van der Waals surface area contributed by atoms with Gasteiger partial charge in [-0.25, -0.2) is 0 Å². The smallest absolute Gasteiger partial charge is 0.292 e. The Morgan fingerprint density at radius 3 is 2.47 bits per heavy atom. The maximum absolute atomic E-state index is 12.1. The molecular formula is C13H19N3O3. The highest BCUT2D eigenvalue weighted by Crippen LogP contribution is 2.20. The van der Waals surface area contributed by atoms with E-state index >= 15 is 0 Å². The van der Waals surface area contributed by atoms with E-state index in [9.17, 15) is 9.59 Å². The quantitative estimate of drug-likeness (QED) is 0.797. The molecule has 2 amide bonds. The van der Waals surface area contributed by atoms with Crippen LogP contribution in [0.3, 0.4) is 0 Å². The zero-order valence-corrected chi connectivity index (χ0v) is 11.5. The average Bonchev–Trinajstić information content (AvgIpc) is 2.84. The van der Waals surface area contributed by atoms with E-state index in [2.05, 4.69) is 5.16 Å². The Labute approximate surface area is 112 Å². The lowest BCUT2D eigenvalue weighted by molar-refractivity contribution is -0.134. The van der Waals surface area contributed by atoms with Gasteiger partial charge in [-0.1, -0.05) is 5.16 Å². The number of carbonyl (C=O) groups excluding carboxylic acids is 2. The van der Waals surface area contributed by atoms with E-state index in [1.807, 2.05) is 0 Å². The fourth-order valence-corrected chi connectivity index (χ4v) is 2.31. The van der Waals surface area contributed by atoms with Crippen molar-refractivity contribution in [2.24, 2.45) is 5.92 Å². The summed E-state index contributed by atoms with van der Waals surface area (Å²) in [5.41, 5.74) is 0.695. The lowest BCUT2D eigenvalue weighted by Crippen LogP contribution is -2.42. The molecule has 1 fully saturated rings. The summed E-state index contributed by atoms with van der Waals surface area (Å²) < 4.78 is 4.98. The molecule has 6 nitrogen and oxygen atoms in total. The number of carbonyl (C=O) groups is 2. The second-order valence-electron chi connectivity index (χ2n) is 5.13. The average molecular weight is 265 g/mol. The van der Waals surface area contributed by atoms with E-state index in [4.69, 9.17) is 4.52 Å². The molecule has 1 aromatic heterocycles. The zero-order chi connectivity index (χ0) is 14.0. The molecule has 0 radical (unpaired) electrons. The van der Waals surface area contributed by atoms with Gasteiger partial charge in [0.2, 0.25) is 11.7 Å². The molecule has 0 aliphatic carbocycles. The molecule has 1 saturated heterocycles. The minimum atomic E-state index is -0.142.